The molecule has 1 aromatic rings. The molecular weight excluding hydrogens is 334 g/mol. The highest BCUT2D eigenvalue weighted by atomic mass is 35.5. The van der Waals surface area contributed by atoms with E-state index in [1.165, 1.54) is 18.2 Å². The number of nitrogens with one attached hydrogen (secondary N) is 1. The number of benzene rings is 1. The van der Waals surface area contributed by atoms with Crippen LogP contribution in [0.15, 0.2) is 18.2 Å². The summed E-state index contributed by atoms with van der Waals surface area (Å²) in [6, 6.07) is 2.91. The van der Waals surface area contributed by atoms with Gasteiger partial charge in [-0.2, -0.15) is 0 Å². The number of hydrogen-bond donors (Lipinski definition) is 3. The first kappa shape index (κ1) is 17.4. The maximum Gasteiger partial charge on any atom is 0.408 e. The Morgan fingerprint density at radius 3 is 2.83 bits per heavy atom. The molecule has 2 amide bonds. The number of carbonyl (C=O) groups is 2. The van der Waals surface area contributed by atoms with Crippen molar-refractivity contribution in [1.82, 2.24) is 10.2 Å². The number of likely N-dealkylation sites (tertiary alicyclic amines) is 1. The average Bonchev–Trinajstić information content (AvgIpc) is 2.89. The second-order valence-corrected chi connectivity index (χ2v) is 5.59. The highest BCUT2D eigenvalue weighted by Crippen LogP contribution is 2.24. The van der Waals surface area contributed by atoms with Gasteiger partial charge >= 0.3 is 6.09 Å². The molecule has 23 heavy (non-hydrogen) atoms. The molecule has 0 aromatic heterocycles. The minimum absolute atomic E-state index is 0.0947. The van der Waals surface area contributed by atoms with Crippen LogP contribution in [0.3, 0.4) is 0 Å². The van der Waals surface area contributed by atoms with Crippen LogP contribution in [0.1, 0.15) is 18.1 Å². The number of hydrogen-bond acceptors (Lipinski definition) is 3. The lowest BCUT2D eigenvalue weighted by atomic mass is 10.1. The van der Waals surface area contributed by atoms with Gasteiger partial charge < -0.3 is 15.5 Å². The van der Waals surface area contributed by atoms with Crippen molar-refractivity contribution in [3.05, 3.63) is 34.6 Å². The smallest absolute Gasteiger partial charge is 0.408 e. The first-order valence-electron chi connectivity index (χ1n) is 6.84. The van der Waals surface area contributed by atoms with E-state index in [2.05, 4.69) is 5.32 Å². The average molecular weight is 349 g/mol. The molecule has 6 nitrogen and oxygen atoms in total. The molecule has 3 atom stereocenters. The van der Waals surface area contributed by atoms with Gasteiger partial charge in [0.25, 0.3) is 0 Å². The summed E-state index contributed by atoms with van der Waals surface area (Å²) in [5.74, 6) is -1.54. The fourth-order valence-corrected chi connectivity index (χ4v) is 2.63. The van der Waals surface area contributed by atoms with Crippen molar-refractivity contribution in [2.75, 3.05) is 13.1 Å². The van der Waals surface area contributed by atoms with Gasteiger partial charge in [0.15, 0.2) is 0 Å². The van der Waals surface area contributed by atoms with Gasteiger partial charge in [0.2, 0.25) is 5.91 Å². The molecule has 1 saturated heterocycles. The number of aliphatic hydroxyl groups is 1. The zero-order valence-electron chi connectivity index (χ0n) is 11.9. The minimum atomic E-state index is -1.42. The molecule has 0 bridgehead atoms. The molecule has 0 radical (unpaired) electrons. The van der Waals surface area contributed by atoms with Gasteiger partial charge in [-0.05, 0) is 6.07 Å². The molecule has 2 unspecified atom stereocenters. The second kappa shape index (κ2) is 7.10. The summed E-state index contributed by atoms with van der Waals surface area (Å²) < 4.78 is 27.1. The molecule has 126 valence electrons. The SMILES string of the molecule is O=C(NC[C@@H](O)c1cccc(Cl)c1F)C1CC(F)CN1C(=O)O. The van der Waals surface area contributed by atoms with Gasteiger partial charge in [0.1, 0.15) is 18.0 Å². The normalized spacial score (nSPS) is 22.0. The third-order valence-corrected chi connectivity index (χ3v) is 3.90. The molecular formula is C14H15ClF2N2O4. The Bertz CT molecular complexity index is 616. The van der Waals surface area contributed by atoms with E-state index < -0.39 is 36.1 Å². The Morgan fingerprint density at radius 2 is 2.17 bits per heavy atom. The number of aliphatic hydroxyl groups excluding tert-OH is 1. The molecule has 1 aliphatic rings. The fourth-order valence-electron chi connectivity index (χ4n) is 2.45. The van der Waals surface area contributed by atoms with Crippen LogP contribution in [0, 0.1) is 5.82 Å². The molecule has 1 heterocycles. The van der Waals surface area contributed by atoms with Gasteiger partial charge in [-0.15, -0.1) is 0 Å². The summed E-state index contributed by atoms with van der Waals surface area (Å²) in [5.41, 5.74) is -0.0947. The summed E-state index contributed by atoms with van der Waals surface area (Å²) in [6.07, 6.45) is -4.43. The largest absolute Gasteiger partial charge is 0.465 e. The Labute approximate surface area is 135 Å². The summed E-state index contributed by atoms with van der Waals surface area (Å²) in [6.45, 7) is -0.726. The predicted molar refractivity (Wildman–Crippen MR) is 77.4 cm³/mol. The fraction of sp³-hybridized carbons (Fsp3) is 0.429. The van der Waals surface area contributed by atoms with Crippen LogP contribution < -0.4 is 5.32 Å². The molecule has 0 saturated carbocycles. The van der Waals surface area contributed by atoms with Crippen molar-refractivity contribution >= 4 is 23.6 Å². The monoisotopic (exact) mass is 348 g/mol. The van der Waals surface area contributed by atoms with E-state index in [4.69, 9.17) is 16.7 Å². The van der Waals surface area contributed by atoms with Gasteiger partial charge in [-0.25, -0.2) is 13.6 Å². The zero-order chi connectivity index (χ0) is 17.1. The highest BCUT2D eigenvalue weighted by Gasteiger charge is 2.39. The third kappa shape index (κ3) is 3.89. The van der Waals surface area contributed by atoms with Crippen molar-refractivity contribution in [2.24, 2.45) is 0 Å². The summed E-state index contributed by atoms with van der Waals surface area (Å²) in [7, 11) is 0. The van der Waals surface area contributed by atoms with Gasteiger partial charge in [0, 0.05) is 18.5 Å². The zero-order valence-corrected chi connectivity index (χ0v) is 12.6. The number of carbonyl (C=O) groups excluding carboxylic acids is 1. The molecule has 1 aromatic carbocycles. The number of nitrogens with zero attached hydrogens (tertiary/aromatic N) is 1. The van der Waals surface area contributed by atoms with Crippen LogP contribution in [0.5, 0.6) is 0 Å². The van der Waals surface area contributed by atoms with Gasteiger partial charge in [-0.3, -0.25) is 9.69 Å². The summed E-state index contributed by atoms with van der Waals surface area (Å²) in [5, 5.41) is 21.0. The van der Waals surface area contributed by atoms with Crippen LogP contribution in [-0.4, -0.2) is 52.4 Å². The van der Waals surface area contributed by atoms with E-state index in [0.29, 0.717) is 4.90 Å². The molecule has 0 aliphatic carbocycles. The lowest BCUT2D eigenvalue weighted by molar-refractivity contribution is -0.125. The molecule has 1 fully saturated rings. The Kier molecular flexibility index (Phi) is 5.38. The van der Waals surface area contributed by atoms with Crippen molar-refractivity contribution < 1.29 is 28.6 Å². The maximum absolute atomic E-state index is 13.8. The first-order chi connectivity index (χ1) is 10.8. The van der Waals surface area contributed by atoms with Crippen LogP contribution in [0.25, 0.3) is 0 Å². The Hall–Kier alpha value is -1.93. The number of amides is 2. The van der Waals surface area contributed by atoms with Crippen LogP contribution in [-0.2, 0) is 4.79 Å². The van der Waals surface area contributed by atoms with Gasteiger partial charge in [-0.1, -0.05) is 23.7 Å². The lowest BCUT2D eigenvalue weighted by Gasteiger charge is -2.21. The Balaban J connectivity index is 1.98. The standard InChI is InChI=1S/C14H15ClF2N2O4/c15-9-3-1-2-8(12(9)17)11(20)5-18-13(21)10-4-7(16)6-19(10)14(22)23/h1-3,7,10-11,20H,4-6H2,(H,18,21)(H,22,23)/t7?,10?,11-/m1/s1. The van der Waals surface area contributed by atoms with E-state index in [9.17, 15) is 23.5 Å². The van der Waals surface area contributed by atoms with E-state index >= 15 is 0 Å². The minimum Gasteiger partial charge on any atom is -0.465 e. The Morgan fingerprint density at radius 1 is 1.48 bits per heavy atom. The lowest BCUT2D eigenvalue weighted by Crippen LogP contribution is -2.46. The van der Waals surface area contributed by atoms with E-state index in [1.54, 1.807) is 0 Å². The molecule has 2 rings (SSSR count). The molecule has 0 spiro atoms. The quantitative estimate of drug-likeness (QED) is 0.773. The molecule has 9 heteroatoms. The maximum atomic E-state index is 13.8. The third-order valence-electron chi connectivity index (χ3n) is 3.61. The number of rotatable bonds is 4. The van der Waals surface area contributed by atoms with Crippen molar-refractivity contribution in [3.63, 3.8) is 0 Å². The van der Waals surface area contributed by atoms with Crippen LogP contribution in [0.4, 0.5) is 13.6 Å². The summed E-state index contributed by atoms with van der Waals surface area (Å²) in [4.78, 5) is 23.6. The van der Waals surface area contributed by atoms with Crippen molar-refractivity contribution in [3.8, 4) is 0 Å². The van der Waals surface area contributed by atoms with Crippen LogP contribution >= 0.6 is 11.6 Å². The van der Waals surface area contributed by atoms with Crippen molar-refractivity contribution in [2.45, 2.75) is 24.7 Å². The topological polar surface area (TPSA) is 89.9 Å². The highest BCUT2D eigenvalue weighted by molar-refractivity contribution is 6.30. The van der Waals surface area contributed by atoms with Crippen molar-refractivity contribution in [1.29, 1.82) is 0 Å². The first-order valence-corrected chi connectivity index (χ1v) is 7.22. The molecule has 1 aliphatic heterocycles. The van der Waals surface area contributed by atoms with Crippen LogP contribution in [0.2, 0.25) is 5.02 Å². The van der Waals surface area contributed by atoms with E-state index in [1.807, 2.05) is 0 Å². The number of alkyl halides is 1. The van der Waals surface area contributed by atoms with E-state index in [-0.39, 0.29) is 30.1 Å². The molecule has 3 N–H and O–H groups in total. The second-order valence-electron chi connectivity index (χ2n) is 5.19. The summed E-state index contributed by atoms with van der Waals surface area (Å²) >= 11 is 5.61. The predicted octanol–water partition coefficient (Wildman–Crippen LogP) is 1.72. The number of halogens is 3. The van der Waals surface area contributed by atoms with Gasteiger partial charge in [0.05, 0.1) is 17.7 Å². The number of carboxylic acid groups (broad SMARTS) is 1. The van der Waals surface area contributed by atoms with E-state index in [0.717, 1.165) is 0 Å².